The van der Waals surface area contributed by atoms with Gasteiger partial charge in [-0.3, -0.25) is 4.79 Å². The van der Waals surface area contributed by atoms with E-state index >= 15 is 0 Å². The number of pyridine rings is 1. The van der Waals surface area contributed by atoms with Gasteiger partial charge >= 0.3 is 0 Å². The van der Waals surface area contributed by atoms with Gasteiger partial charge in [0.15, 0.2) is 12.4 Å². The number of carbonyl (C=O) groups is 1. The maximum absolute atomic E-state index is 12.0. The highest BCUT2D eigenvalue weighted by Crippen LogP contribution is 2.26. The third kappa shape index (κ3) is 4.40. The van der Waals surface area contributed by atoms with Gasteiger partial charge in [0, 0.05) is 30.2 Å². The fourth-order valence-electron chi connectivity index (χ4n) is 2.58. The predicted molar refractivity (Wildman–Crippen MR) is 99.6 cm³/mol. The maximum Gasteiger partial charge on any atom is 0.258 e. The summed E-state index contributed by atoms with van der Waals surface area (Å²) in [6.45, 7) is 4.13. The van der Waals surface area contributed by atoms with Gasteiger partial charge in [-0.15, -0.1) is 0 Å². The summed E-state index contributed by atoms with van der Waals surface area (Å²) < 4.78 is 7.32. The van der Waals surface area contributed by atoms with E-state index in [2.05, 4.69) is 15.4 Å². The van der Waals surface area contributed by atoms with Crippen molar-refractivity contribution in [1.29, 1.82) is 0 Å². The highest BCUT2D eigenvalue weighted by atomic mass is 35.5. The van der Waals surface area contributed by atoms with Crippen LogP contribution in [0.3, 0.4) is 0 Å². The van der Waals surface area contributed by atoms with Gasteiger partial charge in [0.2, 0.25) is 0 Å². The van der Waals surface area contributed by atoms with Crippen molar-refractivity contribution >= 4 is 17.5 Å². The molecule has 26 heavy (non-hydrogen) atoms. The predicted octanol–water partition coefficient (Wildman–Crippen LogP) is 3.23. The van der Waals surface area contributed by atoms with Gasteiger partial charge in [-0.05, 0) is 54.8 Å². The van der Waals surface area contributed by atoms with Crippen LogP contribution in [-0.2, 0) is 11.3 Å². The average molecular weight is 371 g/mol. The monoisotopic (exact) mass is 370 g/mol. The molecule has 3 aromatic rings. The summed E-state index contributed by atoms with van der Waals surface area (Å²) >= 11 is 6.00. The molecule has 0 atom stereocenters. The summed E-state index contributed by atoms with van der Waals surface area (Å²) in [5, 5.41) is 7.60. The molecule has 3 rings (SSSR count). The first-order chi connectivity index (χ1) is 12.5. The Labute approximate surface area is 156 Å². The van der Waals surface area contributed by atoms with E-state index < -0.39 is 0 Å². The first kappa shape index (κ1) is 17.9. The molecule has 0 bridgehead atoms. The molecule has 2 aromatic heterocycles. The van der Waals surface area contributed by atoms with Gasteiger partial charge in [0.1, 0.15) is 5.75 Å². The number of hydrogen-bond acceptors (Lipinski definition) is 4. The number of ether oxygens (including phenoxy) is 1. The molecule has 0 saturated heterocycles. The van der Waals surface area contributed by atoms with Crippen LogP contribution in [0.2, 0.25) is 5.02 Å². The molecule has 0 aliphatic carbocycles. The zero-order chi connectivity index (χ0) is 18.5. The molecule has 0 radical (unpaired) electrons. The largest absolute Gasteiger partial charge is 0.483 e. The summed E-state index contributed by atoms with van der Waals surface area (Å²) in [5.74, 6) is 1.21. The van der Waals surface area contributed by atoms with E-state index in [1.165, 1.54) is 0 Å². The van der Waals surface area contributed by atoms with Gasteiger partial charge < -0.3 is 10.1 Å². The van der Waals surface area contributed by atoms with Gasteiger partial charge in [0.25, 0.3) is 5.91 Å². The molecule has 7 heteroatoms. The molecular weight excluding hydrogens is 352 g/mol. The van der Waals surface area contributed by atoms with E-state index in [-0.39, 0.29) is 12.5 Å². The molecule has 1 aromatic carbocycles. The minimum atomic E-state index is -0.199. The lowest BCUT2D eigenvalue weighted by Gasteiger charge is -2.12. The Morgan fingerprint density at radius 3 is 2.65 bits per heavy atom. The number of rotatable bonds is 6. The van der Waals surface area contributed by atoms with Crippen molar-refractivity contribution in [1.82, 2.24) is 20.1 Å². The van der Waals surface area contributed by atoms with Crippen LogP contribution in [0.4, 0.5) is 0 Å². The summed E-state index contributed by atoms with van der Waals surface area (Å²) in [5.41, 5.74) is 2.70. The molecule has 0 saturated carbocycles. The molecule has 0 aliphatic rings. The number of benzene rings is 1. The van der Waals surface area contributed by atoms with Crippen LogP contribution in [0.25, 0.3) is 5.82 Å². The van der Waals surface area contributed by atoms with Gasteiger partial charge in [0.05, 0.1) is 0 Å². The van der Waals surface area contributed by atoms with Gasteiger partial charge in [-0.25, -0.2) is 9.67 Å². The molecule has 6 nitrogen and oxygen atoms in total. The standard InChI is InChI=1S/C19H19ClN4O2/c1-13-8-16(20)9-14(2)19(13)26-12-18(25)22-11-15-4-5-17(21-10-15)24-7-3-6-23-24/h3-10H,11-12H2,1-2H3,(H,22,25). The fraction of sp³-hybridized carbons (Fsp3) is 0.211. The smallest absolute Gasteiger partial charge is 0.258 e. The van der Waals surface area contributed by atoms with E-state index in [9.17, 15) is 4.79 Å². The molecule has 2 heterocycles. The first-order valence-corrected chi connectivity index (χ1v) is 8.52. The summed E-state index contributed by atoms with van der Waals surface area (Å²) in [7, 11) is 0. The third-order valence-electron chi connectivity index (χ3n) is 3.81. The zero-order valence-electron chi connectivity index (χ0n) is 14.6. The summed E-state index contributed by atoms with van der Waals surface area (Å²) in [6.07, 6.45) is 5.23. The van der Waals surface area contributed by atoms with Crippen molar-refractivity contribution in [3.63, 3.8) is 0 Å². The fourth-order valence-corrected chi connectivity index (χ4v) is 2.90. The third-order valence-corrected chi connectivity index (χ3v) is 4.03. The van der Waals surface area contributed by atoms with E-state index in [0.717, 1.165) is 22.5 Å². The Morgan fingerprint density at radius 1 is 1.27 bits per heavy atom. The van der Waals surface area contributed by atoms with Crippen molar-refractivity contribution in [2.45, 2.75) is 20.4 Å². The highest BCUT2D eigenvalue weighted by Gasteiger charge is 2.09. The number of aryl methyl sites for hydroxylation is 2. The van der Waals surface area contributed by atoms with Crippen LogP contribution < -0.4 is 10.1 Å². The molecule has 1 N–H and O–H groups in total. The molecule has 134 valence electrons. The van der Waals surface area contributed by atoms with E-state index in [1.807, 2.05) is 50.4 Å². The van der Waals surface area contributed by atoms with Gasteiger partial charge in [-0.1, -0.05) is 17.7 Å². The van der Waals surface area contributed by atoms with E-state index in [0.29, 0.717) is 17.3 Å². The molecule has 0 unspecified atom stereocenters. The number of halogens is 1. The second kappa shape index (κ2) is 8.01. The molecule has 0 fully saturated rings. The zero-order valence-corrected chi connectivity index (χ0v) is 15.3. The number of hydrogen-bond donors (Lipinski definition) is 1. The van der Waals surface area contributed by atoms with Crippen LogP contribution in [0.5, 0.6) is 5.75 Å². The summed E-state index contributed by atoms with van der Waals surface area (Å²) in [4.78, 5) is 16.4. The molecule has 1 amide bonds. The maximum atomic E-state index is 12.0. The Kier molecular flexibility index (Phi) is 5.53. The van der Waals surface area contributed by atoms with Crippen molar-refractivity contribution < 1.29 is 9.53 Å². The normalized spacial score (nSPS) is 10.6. The topological polar surface area (TPSA) is 69.0 Å². The Morgan fingerprint density at radius 2 is 2.04 bits per heavy atom. The highest BCUT2D eigenvalue weighted by molar-refractivity contribution is 6.30. The lowest BCUT2D eigenvalue weighted by atomic mass is 10.1. The van der Waals surface area contributed by atoms with Crippen LogP contribution in [-0.4, -0.2) is 27.3 Å². The Hall–Kier alpha value is -2.86. The van der Waals surface area contributed by atoms with Crippen molar-refractivity contribution in [2.24, 2.45) is 0 Å². The second-order valence-electron chi connectivity index (χ2n) is 5.91. The SMILES string of the molecule is Cc1cc(Cl)cc(C)c1OCC(=O)NCc1ccc(-n2cccn2)nc1. The Balaban J connectivity index is 1.51. The number of nitrogens with zero attached hydrogens (tertiary/aromatic N) is 3. The molecule has 0 spiro atoms. The second-order valence-corrected chi connectivity index (χ2v) is 6.35. The average Bonchev–Trinajstić information content (AvgIpc) is 3.14. The number of amides is 1. The number of aromatic nitrogens is 3. The van der Waals surface area contributed by atoms with Crippen LogP contribution in [0, 0.1) is 13.8 Å². The lowest BCUT2D eigenvalue weighted by molar-refractivity contribution is -0.123. The van der Waals surface area contributed by atoms with Crippen LogP contribution in [0.15, 0.2) is 48.9 Å². The van der Waals surface area contributed by atoms with Crippen molar-refractivity contribution in [2.75, 3.05) is 6.61 Å². The first-order valence-electron chi connectivity index (χ1n) is 8.14. The minimum absolute atomic E-state index is 0.0535. The lowest BCUT2D eigenvalue weighted by Crippen LogP contribution is -2.28. The van der Waals surface area contributed by atoms with E-state index in [1.54, 1.807) is 17.1 Å². The minimum Gasteiger partial charge on any atom is -0.483 e. The van der Waals surface area contributed by atoms with Crippen molar-refractivity contribution in [3.8, 4) is 11.6 Å². The number of carbonyl (C=O) groups excluding carboxylic acids is 1. The molecular formula is C19H19ClN4O2. The van der Waals surface area contributed by atoms with E-state index in [4.69, 9.17) is 16.3 Å². The Bertz CT molecular complexity index is 869. The quantitative estimate of drug-likeness (QED) is 0.723. The number of nitrogens with one attached hydrogen (secondary N) is 1. The van der Waals surface area contributed by atoms with Crippen LogP contribution in [0.1, 0.15) is 16.7 Å². The molecule has 0 aliphatic heterocycles. The summed E-state index contributed by atoms with van der Waals surface area (Å²) in [6, 6.07) is 9.22. The van der Waals surface area contributed by atoms with Crippen LogP contribution >= 0.6 is 11.6 Å². The van der Waals surface area contributed by atoms with Gasteiger partial charge in [-0.2, -0.15) is 5.10 Å². The van der Waals surface area contributed by atoms with Crippen molar-refractivity contribution in [3.05, 3.63) is 70.6 Å².